The van der Waals surface area contributed by atoms with E-state index in [0.717, 1.165) is 5.69 Å². The Morgan fingerprint density at radius 2 is 1.83 bits per heavy atom. The summed E-state index contributed by atoms with van der Waals surface area (Å²) >= 11 is 0. The highest BCUT2D eigenvalue weighted by Crippen LogP contribution is 2.25. The van der Waals surface area contributed by atoms with Crippen LogP contribution in [-0.4, -0.2) is 61.9 Å². The quantitative estimate of drug-likeness (QED) is 0.658. The van der Waals surface area contributed by atoms with Gasteiger partial charge < -0.3 is 9.64 Å². The number of amides is 1. The molecule has 0 spiro atoms. The first-order valence-electron chi connectivity index (χ1n) is 9.75. The third-order valence-corrected chi connectivity index (χ3v) is 7.05. The third-order valence-electron chi connectivity index (χ3n) is 5.14. The largest absolute Gasteiger partial charge is 0.383 e. The average molecular weight is 418 g/mol. The van der Waals surface area contributed by atoms with Gasteiger partial charge in [-0.25, -0.2) is 8.42 Å². The molecule has 8 heteroatoms. The summed E-state index contributed by atoms with van der Waals surface area (Å²) in [5.41, 5.74) is 0.820. The summed E-state index contributed by atoms with van der Waals surface area (Å²) in [5.74, 6) is -0.165. The number of nitrogens with zero attached hydrogens (tertiary/aromatic N) is 3. The lowest BCUT2D eigenvalue weighted by atomic mass is 9.96. The van der Waals surface area contributed by atoms with Gasteiger partial charge in [-0.1, -0.05) is 24.3 Å². The lowest BCUT2D eigenvalue weighted by Crippen LogP contribution is -2.45. The Morgan fingerprint density at radius 1 is 1.14 bits per heavy atom. The minimum Gasteiger partial charge on any atom is -0.383 e. The molecule has 1 aromatic heterocycles. The van der Waals surface area contributed by atoms with Crippen molar-refractivity contribution >= 4 is 15.9 Å². The van der Waals surface area contributed by atoms with Gasteiger partial charge in [0.1, 0.15) is 0 Å². The number of piperidine rings is 1. The minimum atomic E-state index is -3.52. The van der Waals surface area contributed by atoms with Crippen LogP contribution < -0.4 is 0 Å². The van der Waals surface area contributed by atoms with Crippen molar-refractivity contribution < 1.29 is 17.9 Å². The normalized spacial score (nSPS) is 15.9. The van der Waals surface area contributed by atoms with E-state index in [2.05, 4.69) is 4.98 Å². The van der Waals surface area contributed by atoms with Gasteiger partial charge in [0.15, 0.2) is 0 Å². The number of sulfonamides is 1. The molecule has 0 unspecified atom stereocenters. The number of rotatable bonds is 8. The summed E-state index contributed by atoms with van der Waals surface area (Å²) < 4.78 is 32.2. The second-order valence-electron chi connectivity index (χ2n) is 7.07. The minimum absolute atomic E-state index is 0.0319. The number of aromatic nitrogens is 1. The predicted molar refractivity (Wildman–Crippen MR) is 109 cm³/mol. The second kappa shape index (κ2) is 9.96. The Morgan fingerprint density at radius 3 is 2.45 bits per heavy atom. The molecule has 0 bridgehead atoms. The van der Waals surface area contributed by atoms with Gasteiger partial charge in [-0.2, -0.15) is 4.31 Å². The topological polar surface area (TPSA) is 79.8 Å². The van der Waals surface area contributed by atoms with Crippen LogP contribution in [-0.2, 0) is 26.1 Å². The van der Waals surface area contributed by atoms with E-state index in [1.807, 2.05) is 18.2 Å². The zero-order valence-electron chi connectivity index (χ0n) is 16.6. The monoisotopic (exact) mass is 417 g/mol. The zero-order chi connectivity index (χ0) is 20.7. The number of ether oxygens (including phenoxy) is 1. The van der Waals surface area contributed by atoms with Crippen molar-refractivity contribution in [3.05, 3.63) is 60.4 Å². The molecule has 1 saturated heterocycles. The Labute approximate surface area is 172 Å². The van der Waals surface area contributed by atoms with Crippen LogP contribution in [0.25, 0.3) is 0 Å². The van der Waals surface area contributed by atoms with Crippen molar-refractivity contribution in [2.75, 3.05) is 33.4 Å². The van der Waals surface area contributed by atoms with Crippen molar-refractivity contribution in [1.82, 2.24) is 14.2 Å². The first kappa shape index (κ1) is 21.4. The van der Waals surface area contributed by atoms with E-state index in [0.29, 0.717) is 50.5 Å². The maximum Gasteiger partial charge on any atom is 0.243 e. The fourth-order valence-electron chi connectivity index (χ4n) is 3.50. The van der Waals surface area contributed by atoms with E-state index in [1.54, 1.807) is 48.5 Å². The van der Waals surface area contributed by atoms with Gasteiger partial charge in [-0.05, 0) is 37.1 Å². The van der Waals surface area contributed by atoms with Gasteiger partial charge in [0, 0.05) is 38.9 Å². The molecule has 0 radical (unpaired) electrons. The van der Waals surface area contributed by atoms with Gasteiger partial charge in [0.25, 0.3) is 0 Å². The van der Waals surface area contributed by atoms with Crippen LogP contribution in [0.15, 0.2) is 59.6 Å². The maximum absolute atomic E-state index is 13.1. The molecule has 1 aliphatic heterocycles. The van der Waals surface area contributed by atoms with E-state index < -0.39 is 10.0 Å². The summed E-state index contributed by atoms with van der Waals surface area (Å²) in [7, 11) is -1.91. The highest BCUT2D eigenvalue weighted by molar-refractivity contribution is 7.89. The van der Waals surface area contributed by atoms with Gasteiger partial charge in [-0.15, -0.1) is 0 Å². The van der Waals surface area contributed by atoms with Crippen LogP contribution >= 0.6 is 0 Å². The first-order chi connectivity index (χ1) is 14.0. The van der Waals surface area contributed by atoms with Crippen LogP contribution in [0, 0.1) is 5.92 Å². The van der Waals surface area contributed by atoms with E-state index >= 15 is 0 Å². The Hall–Kier alpha value is -2.29. The van der Waals surface area contributed by atoms with Gasteiger partial charge >= 0.3 is 0 Å². The van der Waals surface area contributed by atoms with Crippen LogP contribution in [0.1, 0.15) is 18.5 Å². The predicted octanol–water partition coefficient (Wildman–Crippen LogP) is 2.16. The molecule has 0 N–H and O–H groups in total. The molecule has 2 heterocycles. The molecule has 2 aromatic rings. The highest BCUT2D eigenvalue weighted by atomic mass is 32.2. The van der Waals surface area contributed by atoms with Crippen LogP contribution in [0.5, 0.6) is 0 Å². The maximum atomic E-state index is 13.1. The van der Waals surface area contributed by atoms with Crippen molar-refractivity contribution in [3.8, 4) is 0 Å². The Kier molecular flexibility index (Phi) is 7.35. The molecule has 1 aliphatic rings. The first-order valence-corrected chi connectivity index (χ1v) is 11.2. The average Bonchev–Trinajstić information content (AvgIpc) is 2.77. The van der Waals surface area contributed by atoms with E-state index in [-0.39, 0.29) is 11.8 Å². The summed E-state index contributed by atoms with van der Waals surface area (Å²) in [6.45, 7) is 2.03. The lowest BCUT2D eigenvalue weighted by molar-refractivity contribution is -0.138. The Bertz CT molecular complexity index is 883. The number of hydrogen-bond acceptors (Lipinski definition) is 5. The molecule has 0 atom stereocenters. The third kappa shape index (κ3) is 5.41. The van der Waals surface area contributed by atoms with Crippen molar-refractivity contribution in [3.63, 3.8) is 0 Å². The summed E-state index contributed by atoms with van der Waals surface area (Å²) in [4.78, 5) is 19.5. The zero-order valence-corrected chi connectivity index (χ0v) is 17.4. The second-order valence-corrected chi connectivity index (χ2v) is 9.00. The van der Waals surface area contributed by atoms with Crippen molar-refractivity contribution in [2.24, 2.45) is 5.92 Å². The molecule has 0 aliphatic carbocycles. The summed E-state index contributed by atoms with van der Waals surface area (Å²) in [5, 5.41) is 0. The fraction of sp³-hybridized carbons (Fsp3) is 0.429. The molecule has 1 amide bonds. The standard InChI is InChI=1S/C21H27N3O4S/c1-28-16-15-23(17-19-7-5-6-12-22-19)21(25)18-10-13-24(14-11-18)29(26,27)20-8-3-2-4-9-20/h2-9,12,18H,10-11,13-17H2,1H3. The van der Waals surface area contributed by atoms with Gasteiger partial charge in [0.05, 0.1) is 23.7 Å². The van der Waals surface area contributed by atoms with Crippen LogP contribution in [0.4, 0.5) is 0 Å². The molecule has 7 nitrogen and oxygen atoms in total. The molecule has 29 heavy (non-hydrogen) atoms. The van der Waals surface area contributed by atoms with E-state index in [4.69, 9.17) is 4.74 Å². The van der Waals surface area contributed by atoms with E-state index in [1.165, 1.54) is 4.31 Å². The Balaban J connectivity index is 1.64. The SMILES string of the molecule is COCCN(Cc1ccccn1)C(=O)C1CCN(S(=O)(=O)c2ccccc2)CC1. The number of carbonyl (C=O) groups excluding carboxylic acids is 1. The molecule has 1 fully saturated rings. The van der Waals surface area contributed by atoms with Crippen LogP contribution in [0.3, 0.4) is 0 Å². The molecule has 3 rings (SSSR count). The molecular formula is C21H27N3O4S. The number of pyridine rings is 1. The van der Waals surface area contributed by atoms with Gasteiger partial charge in [-0.3, -0.25) is 9.78 Å². The number of methoxy groups -OCH3 is 1. The van der Waals surface area contributed by atoms with Crippen LogP contribution in [0.2, 0.25) is 0 Å². The van der Waals surface area contributed by atoms with Crippen molar-refractivity contribution in [2.45, 2.75) is 24.3 Å². The molecule has 1 aromatic carbocycles. The summed E-state index contributed by atoms with van der Waals surface area (Å²) in [6, 6.07) is 14.1. The van der Waals surface area contributed by atoms with Gasteiger partial charge in [0.2, 0.25) is 15.9 Å². The number of hydrogen-bond donors (Lipinski definition) is 0. The fourth-order valence-corrected chi connectivity index (χ4v) is 4.99. The smallest absolute Gasteiger partial charge is 0.243 e. The van der Waals surface area contributed by atoms with E-state index in [9.17, 15) is 13.2 Å². The molecular weight excluding hydrogens is 390 g/mol. The lowest BCUT2D eigenvalue weighted by Gasteiger charge is -2.33. The summed E-state index contributed by atoms with van der Waals surface area (Å²) in [6.07, 6.45) is 2.73. The van der Waals surface area contributed by atoms with Crippen molar-refractivity contribution in [1.29, 1.82) is 0 Å². The number of carbonyl (C=O) groups is 1. The molecule has 0 saturated carbocycles. The number of benzene rings is 1. The highest BCUT2D eigenvalue weighted by Gasteiger charge is 2.33. The molecule has 156 valence electrons.